The van der Waals surface area contributed by atoms with Crippen LogP contribution in [0.3, 0.4) is 0 Å². The van der Waals surface area contributed by atoms with Crippen molar-refractivity contribution in [3.63, 3.8) is 0 Å². The van der Waals surface area contributed by atoms with E-state index in [4.69, 9.17) is 11.6 Å². The molecule has 1 amide bonds. The number of nitrogens with one attached hydrogen (secondary N) is 2. The Morgan fingerprint density at radius 2 is 1.83 bits per heavy atom. The Morgan fingerprint density at radius 1 is 1.17 bits per heavy atom. The van der Waals surface area contributed by atoms with Gasteiger partial charge < -0.3 is 5.32 Å². The third kappa shape index (κ3) is 4.75. The van der Waals surface area contributed by atoms with Gasteiger partial charge in [0.1, 0.15) is 5.82 Å². The smallest absolute Gasteiger partial charge is 0.242 e. The Labute approximate surface area is 138 Å². The number of benzene rings is 2. The van der Waals surface area contributed by atoms with Gasteiger partial charge in [-0.05, 0) is 49.4 Å². The van der Waals surface area contributed by atoms with E-state index in [1.54, 1.807) is 24.3 Å². The topological polar surface area (TPSA) is 75.3 Å². The van der Waals surface area contributed by atoms with Gasteiger partial charge in [-0.1, -0.05) is 17.7 Å². The summed E-state index contributed by atoms with van der Waals surface area (Å²) >= 11 is 5.81. The molecule has 0 aliphatic rings. The molecule has 0 aliphatic carbocycles. The highest BCUT2D eigenvalue weighted by molar-refractivity contribution is 7.89. The number of amides is 1. The maximum Gasteiger partial charge on any atom is 0.242 e. The Hall–Kier alpha value is -1.96. The van der Waals surface area contributed by atoms with Crippen molar-refractivity contribution in [3.05, 3.63) is 59.4 Å². The second kappa shape index (κ2) is 7.08. The average molecular weight is 357 g/mol. The summed E-state index contributed by atoms with van der Waals surface area (Å²) in [5, 5.41) is 3.00. The van der Waals surface area contributed by atoms with Crippen molar-refractivity contribution < 1.29 is 17.6 Å². The summed E-state index contributed by atoms with van der Waals surface area (Å²) in [6.45, 7) is 1.40. The van der Waals surface area contributed by atoms with E-state index in [1.807, 2.05) is 0 Å². The van der Waals surface area contributed by atoms with Gasteiger partial charge in [0, 0.05) is 10.7 Å². The molecule has 0 unspecified atom stereocenters. The number of hydrogen-bond donors (Lipinski definition) is 2. The van der Waals surface area contributed by atoms with Gasteiger partial charge in [0.25, 0.3) is 0 Å². The third-order valence-corrected chi connectivity index (χ3v) is 4.73. The first kappa shape index (κ1) is 17.4. The fourth-order valence-electron chi connectivity index (χ4n) is 1.78. The maximum absolute atomic E-state index is 12.9. The van der Waals surface area contributed by atoms with Gasteiger partial charge in [-0.25, -0.2) is 12.8 Å². The van der Waals surface area contributed by atoms with Crippen LogP contribution >= 0.6 is 11.6 Å². The lowest BCUT2D eigenvalue weighted by Crippen LogP contribution is -2.41. The molecule has 2 aromatic carbocycles. The Kier molecular flexibility index (Phi) is 5.35. The number of anilines is 1. The predicted molar refractivity (Wildman–Crippen MR) is 86.3 cm³/mol. The van der Waals surface area contributed by atoms with E-state index < -0.39 is 27.8 Å². The molecule has 0 radical (unpaired) electrons. The number of rotatable bonds is 5. The Balaban J connectivity index is 2.06. The zero-order valence-corrected chi connectivity index (χ0v) is 13.7. The van der Waals surface area contributed by atoms with E-state index in [1.165, 1.54) is 6.92 Å². The van der Waals surface area contributed by atoms with Crippen LogP contribution in [0.25, 0.3) is 0 Å². The van der Waals surface area contributed by atoms with E-state index in [0.717, 1.165) is 24.3 Å². The molecule has 1 atom stereocenters. The largest absolute Gasteiger partial charge is 0.325 e. The minimum Gasteiger partial charge on any atom is -0.325 e. The van der Waals surface area contributed by atoms with Crippen LogP contribution in [-0.4, -0.2) is 20.4 Å². The standard InChI is InChI=1S/C15H14ClFN2O3S/c1-10(15(20)18-13-4-2-3-11(16)9-13)19-23(21,22)14-7-5-12(17)6-8-14/h2-10,19H,1H3,(H,18,20)/t10-/m0/s1. The fourth-order valence-corrected chi connectivity index (χ4v) is 3.18. The molecule has 23 heavy (non-hydrogen) atoms. The van der Waals surface area contributed by atoms with E-state index in [9.17, 15) is 17.6 Å². The van der Waals surface area contributed by atoms with Gasteiger partial charge in [0.05, 0.1) is 10.9 Å². The lowest BCUT2D eigenvalue weighted by Gasteiger charge is -2.14. The first-order valence-electron chi connectivity index (χ1n) is 6.62. The minimum atomic E-state index is -3.93. The molecule has 0 bridgehead atoms. The SMILES string of the molecule is C[C@H](NS(=O)(=O)c1ccc(F)cc1)C(=O)Nc1cccc(Cl)c1. The highest BCUT2D eigenvalue weighted by Gasteiger charge is 2.22. The normalized spacial score (nSPS) is 12.7. The van der Waals surface area contributed by atoms with Crippen molar-refractivity contribution in [3.8, 4) is 0 Å². The van der Waals surface area contributed by atoms with Crippen molar-refractivity contribution in [2.24, 2.45) is 0 Å². The van der Waals surface area contributed by atoms with Crippen molar-refractivity contribution in [2.45, 2.75) is 17.9 Å². The first-order chi connectivity index (χ1) is 10.8. The first-order valence-corrected chi connectivity index (χ1v) is 8.48. The van der Waals surface area contributed by atoms with Crippen molar-refractivity contribution in [1.29, 1.82) is 0 Å². The van der Waals surface area contributed by atoms with Crippen LogP contribution in [-0.2, 0) is 14.8 Å². The van der Waals surface area contributed by atoms with E-state index in [-0.39, 0.29) is 4.90 Å². The van der Waals surface area contributed by atoms with E-state index in [2.05, 4.69) is 10.0 Å². The lowest BCUT2D eigenvalue weighted by molar-refractivity contribution is -0.117. The van der Waals surface area contributed by atoms with Gasteiger partial charge in [-0.2, -0.15) is 4.72 Å². The number of halogens is 2. The number of carbonyl (C=O) groups is 1. The van der Waals surface area contributed by atoms with Gasteiger partial charge >= 0.3 is 0 Å². The molecule has 122 valence electrons. The van der Waals surface area contributed by atoms with Crippen LogP contribution in [0, 0.1) is 5.82 Å². The molecule has 0 saturated heterocycles. The zero-order valence-electron chi connectivity index (χ0n) is 12.1. The van der Waals surface area contributed by atoms with Crippen LogP contribution in [0.4, 0.5) is 10.1 Å². The highest BCUT2D eigenvalue weighted by atomic mass is 35.5. The van der Waals surface area contributed by atoms with Gasteiger partial charge in [0.15, 0.2) is 0 Å². The van der Waals surface area contributed by atoms with Crippen LogP contribution < -0.4 is 10.0 Å². The maximum atomic E-state index is 12.9. The molecule has 8 heteroatoms. The molecule has 0 saturated carbocycles. The third-order valence-electron chi connectivity index (χ3n) is 2.94. The van der Waals surface area contributed by atoms with Crippen molar-refractivity contribution >= 4 is 33.2 Å². The lowest BCUT2D eigenvalue weighted by atomic mass is 10.3. The summed E-state index contributed by atoms with van der Waals surface area (Å²) in [6, 6.07) is 9.77. The molecule has 5 nitrogen and oxygen atoms in total. The Morgan fingerprint density at radius 3 is 2.43 bits per heavy atom. The monoisotopic (exact) mass is 356 g/mol. The van der Waals surface area contributed by atoms with Crippen LogP contribution in [0.15, 0.2) is 53.4 Å². The summed E-state index contributed by atoms with van der Waals surface area (Å²) in [5.41, 5.74) is 0.454. The molecule has 0 aliphatic heterocycles. The summed E-state index contributed by atoms with van der Waals surface area (Å²) in [5.74, 6) is -1.09. The number of carbonyl (C=O) groups excluding carboxylic acids is 1. The zero-order chi connectivity index (χ0) is 17.0. The molecule has 2 N–H and O–H groups in total. The van der Waals surface area contributed by atoms with Gasteiger partial charge in [-0.15, -0.1) is 0 Å². The van der Waals surface area contributed by atoms with Crippen LogP contribution in [0.5, 0.6) is 0 Å². The molecule has 0 heterocycles. The summed E-state index contributed by atoms with van der Waals surface area (Å²) < 4.78 is 39.3. The molecule has 2 rings (SSSR count). The molecule has 0 spiro atoms. The van der Waals surface area contributed by atoms with E-state index in [0.29, 0.717) is 10.7 Å². The van der Waals surface area contributed by atoms with Crippen molar-refractivity contribution in [2.75, 3.05) is 5.32 Å². The highest BCUT2D eigenvalue weighted by Crippen LogP contribution is 2.15. The quantitative estimate of drug-likeness (QED) is 0.865. The van der Waals surface area contributed by atoms with Gasteiger partial charge in [-0.3, -0.25) is 4.79 Å². The number of sulfonamides is 1. The molecular weight excluding hydrogens is 343 g/mol. The predicted octanol–water partition coefficient (Wildman–Crippen LogP) is 2.78. The molecular formula is C15H14ClFN2O3S. The second-order valence-electron chi connectivity index (χ2n) is 4.80. The minimum absolute atomic E-state index is 0.124. The fraction of sp³-hybridized carbons (Fsp3) is 0.133. The second-order valence-corrected chi connectivity index (χ2v) is 6.95. The Bertz CT molecular complexity index is 810. The van der Waals surface area contributed by atoms with Gasteiger partial charge in [0.2, 0.25) is 15.9 Å². The van der Waals surface area contributed by atoms with E-state index >= 15 is 0 Å². The van der Waals surface area contributed by atoms with Crippen LogP contribution in [0.1, 0.15) is 6.92 Å². The number of hydrogen-bond acceptors (Lipinski definition) is 3. The van der Waals surface area contributed by atoms with Crippen molar-refractivity contribution in [1.82, 2.24) is 4.72 Å². The summed E-state index contributed by atoms with van der Waals surface area (Å²) in [7, 11) is -3.93. The summed E-state index contributed by atoms with van der Waals surface area (Å²) in [4.78, 5) is 11.9. The summed E-state index contributed by atoms with van der Waals surface area (Å²) in [6.07, 6.45) is 0. The molecule has 0 aromatic heterocycles. The average Bonchev–Trinajstić information content (AvgIpc) is 2.47. The van der Waals surface area contributed by atoms with Crippen LogP contribution in [0.2, 0.25) is 5.02 Å². The molecule has 0 fully saturated rings. The molecule has 2 aromatic rings.